The van der Waals surface area contributed by atoms with E-state index in [-0.39, 0.29) is 6.61 Å². The number of carbonyl (C=O) groups is 2. The Morgan fingerprint density at radius 2 is 1.88 bits per heavy atom. The number of hydrogen-bond donors (Lipinski definition) is 1. The summed E-state index contributed by atoms with van der Waals surface area (Å²) >= 11 is 5.98. The number of amides is 1. The van der Waals surface area contributed by atoms with E-state index >= 15 is 0 Å². The molecule has 0 saturated heterocycles. The highest BCUT2D eigenvalue weighted by atomic mass is 35.5. The molecule has 25 heavy (non-hydrogen) atoms. The van der Waals surface area contributed by atoms with Crippen molar-refractivity contribution in [3.05, 3.63) is 58.6 Å². The van der Waals surface area contributed by atoms with E-state index in [9.17, 15) is 9.59 Å². The Morgan fingerprint density at radius 1 is 1.16 bits per heavy atom. The van der Waals surface area contributed by atoms with Crippen LogP contribution in [0.4, 0.5) is 5.69 Å². The fourth-order valence-electron chi connectivity index (χ4n) is 2.18. The van der Waals surface area contributed by atoms with Gasteiger partial charge >= 0.3 is 5.97 Å². The molecular formula is C19H20ClNO4. The Bertz CT molecular complexity index is 776. The van der Waals surface area contributed by atoms with Crippen LogP contribution >= 0.6 is 11.6 Å². The van der Waals surface area contributed by atoms with Gasteiger partial charge in [-0.2, -0.15) is 0 Å². The van der Waals surface area contributed by atoms with Gasteiger partial charge < -0.3 is 14.8 Å². The van der Waals surface area contributed by atoms with Crippen LogP contribution in [0, 0.1) is 13.8 Å². The van der Waals surface area contributed by atoms with Gasteiger partial charge in [0.1, 0.15) is 5.75 Å². The lowest BCUT2D eigenvalue weighted by Gasteiger charge is -2.15. The molecule has 0 aromatic heterocycles. The summed E-state index contributed by atoms with van der Waals surface area (Å²) in [6, 6.07) is 12.5. The van der Waals surface area contributed by atoms with Gasteiger partial charge in [-0.1, -0.05) is 41.4 Å². The van der Waals surface area contributed by atoms with Gasteiger partial charge in [0.2, 0.25) is 0 Å². The second-order valence-electron chi connectivity index (χ2n) is 5.66. The van der Waals surface area contributed by atoms with Crippen LogP contribution in [-0.4, -0.2) is 24.6 Å². The Labute approximate surface area is 151 Å². The van der Waals surface area contributed by atoms with Crippen LogP contribution in [0.2, 0.25) is 5.02 Å². The summed E-state index contributed by atoms with van der Waals surface area (Å²) < 4.78 is 10.5. The van der Waals surface area contributed by atoms with Gasteiger partial charge in [-0.3, -0.25) is 4.79 Å². The van der Waals surface area contributed by atoms with Crippen molar-refractivity contribution < 1.29 is 19.1 Å². The van der Waals surface area contributed by atoms with Gasteiger partial charge in [0, 0.05) is 0 Å². The highest BCUT2D eigenvalue weighted by molar-refractivity contribution is 6.33. The number of ether oxygens (including phenoxy) is 2. The predicted octanol–water partition coefficient (Wildman–Crippen LogP) is 3.91. The van der Waals surface area contributed by atoms with E-state index in [0.717, 1.165) is 11.1 Å². The Kier molecular flexibility index (Phi) is 6.42. The first-order valence-electron chi connectivity index (χ1n) is 7.81. The summed E-state index contributed by atoms with van der Waals surface area (Å²) in [6.45, 7) is 5.09. The molecule has 132 valence electrons. The van der Waals surface area contributed by atoms with Crippen molar-refractivity contribution in [3.63, 3.8) is 0 Å². The molecule has 0 bridgehead atoms. The molecule has 0 unspecified atom stereocenters. The summed E-state index contributed by atoms with van der Waals surface area (Å²) in [5, 5.41) is 3.03. The third-order valence-electron chi connectivity index (χ3n) is 3.49. The highest BCUT2D eigenvalue weighted by Crippen LogP contribution is 2.21. The molecular weight excluding hydrogens is 342 g/mol. The monoisotopic (exact) mass is 361 g/mol. The molecule has 5 nitrogen and oxygen atoms in total. The zero-order valence-corrected chi connectivity index (χ0v) is 15.1. The van der Waals surface area contributed by atoms with Gasteiger partial charge in [0.05, 0.1) is 10.7 Å². The van der Waals surface area contributed by atoms with E-state index in [1.807, 2.05) is 26.0 Å². The van der Waals surface area contributed by atoms with Gasteiger partial charge in [0.15, 0.2) is 12.7 Å². The number of halogens is 1. The second kappa shape index (κ2) is 8.53. The van der Waals surface area contributed by atoms with E-state index in [1.54, 1.807) is 30.3 Å². The van der Waals surface area contributed by atoms with Crippen molar-refractivity contribution in [2.45, 2.75) is 26.9 Å². The van der Waals surface area contributed by atoms with Crippen molar-refractivity contribution in [3.8, 4) is 5.75 Å². The number of anilines is 1. The Hall–Kier alpha value is -2.53. The predicted molar refractivity (Wildman–Crippen MR) is 97.0 cm³/mol. The summed E-state index contributed by atoms with van der Waals surface area (Å²) in [5.41, 5.74) is 2.50. The molecule has 0 heterocycles. The van der Waals surface area contributed by atoms with Crippen molar-refractivity contribution >= 4 is 29.2 Å². The third kappa shape index (κ3) is 5.50. The van der Waals surface area contributed by atoms with Crippen LogP contribution < -0.4 is 10.1 Å². The van der Waals surface area contributed by atoms with Gasteiger partial charge in [-0.05, 0) is 44.5 Å². The molecule has 2 aromatic rings. The lowest BCUT2D eigenvalue weighted by molar-refractivity contribution is -0.155. The van der Waals surface area contributed by atoms with Crippen LogP contribution in [0.25, 0.3) is 0 Å². The molecule has 0 aliphatic heterocycles. The first kappa shape index (κ1) is 18.8. The van der Waals surface area contributed by atoms with Crippen LogP contribution in [0.1, 0.15) is 18.1 Å². The van der Waals surface area contributed by atoms with Crippen molar-refractivity contribution in [2.24, 2.45) is 0 Å². The summed E-state index contributed by atoms with van der Waals surface area (Å²) in [7, 11) is 0. The average Bonchev–Trinajstić information content (AvgIpc) is 2.56. The molecule has 0 aliphatic rings. The quantitative estimate of drug-likeness (QED) is 0.792. The van der Waals surface area contributed by atoms with Crippen LogP contribution in [-0.2, 0) is 14.3 Å². The largest absolute Gasteiger partial charge is 0.482 e. The summed E-state index contributed by atoms with van der Waals surface area (Å²) in [6.07, 6.45) is -0.966. The maximum absolute atomic E-state index is 12.1. The van der Waals surface area contributed by atoms with Gasteiger partial charge in [-0.15, -0.1) is 0 Å². The van der Waals surface area contributed by atoms with E-state index in [4.69, 9.17) is 21.1 Å². The Balaban J connectivity index is 1.85. The molecule has 1 atom stereocenters. The zero-order valence-electron chi connectivity index (χ0n) is 14.3. The lowest BCUT2D eigenvalue weighted by atomic mass is 10.1. The number of aryl methyl sites for hydroxylation is 2. The highest BCUT2D eigenvalue weighted by Gasteiger charge is 2.19. The zero-order chi connectivity index (χ0) is 18.4. The fraction of sp³-hybridized carbons (Fsp3) is 0.263. The molecule has 0 fully saturated rings. The molecule has 0 radical (unpaired) electrons. The Morgan fingerprint density at radius 3 is 2.56 bits per heavy atom. The van der Waals surface area contributed by atoms with E-state index in [1.165, 1.54) is 6.92 Å². The molecule has 2 rings (SSSR count). The number of para-hydroxylation sites is 1. The van der Waals surface area contributed by atoms with E-state index < -0.39 is 18.0 Å². The molecule has 0 aliphatic carbocycles. The minimum absolute atomic E-state index is 0.270. The molecule has 2 aromatic carbocycles. The number of rotatable bonds is 6. The van der Waals surface area contributed by atoms with Crippen molar-refractivity contribution in [2.75, 3.05) is 11.9 Å². The standard InChI is InChI=1S/C19H20ClNO4/c1-12-8-9-17(13(2)10-12)24-11-18(22)25-14(3)19(23)21-16-7-5-4-6-15(16)20/h4-10,14H,11H2,1-3H3,(H,21,23)/t14-/m0/s1. The van der Waals surface area contributed by atoms with E-state index in [2.05, 4.69) is 5.32 Å². The number of hydrogen-bond acceptors (Lipinski definition) is 4. The number of benzene rings is 2. The first-order chi connectivity index (χ1) is 11.9. The molecule has 1 amide bonds. The summed E-state index contributed by atoms with van der Waals surface area (Å²) in [4.78, 5) is 24.0. The third-order valence-corrected chi connectivity index (χ3v) is 3.81. The molecule has 1 N–H and O–H groups in total. The maximum Gasteiger partial charge on any atom is 0.344 e. The number of nitrogens with one attached hydrogen (secondary N) is 1. The normalized spacial score (nSPS) is 11.5. The van der Waals surface area contributed by atoms with Crippen molar-refractivity contribution in [1.29, 1.82) is 0 Å². The van der Waals surface area contributed by atoms with Gasteiger partial charge in [-0.25, -0.2) is 4.79 Å². The lowest BCUT2D eigenvalue weighted by Crippen LogP contribution is -2.31. The minimum Gasteiger partial charge on any atom is -0.482 e. The van der Waals surface area contributed by atoms with Crippen LogP contribution in [0.5, 0.6) is 5.75 Å². The SMILES string of the molecule is Cc1ccc(OCC(=O)O[C@@H](C)C(=O)Nc2ccccc2Cl)c(C)c1. The van der Waals surface area contributed by atoms with Crippen molar-refractivity contribution in [1.82, 2.24) is 0 Å². The summed E-state index contributed by atoms with van der Waals surface area (Å²) in [5.74, 6) is -0.481. The first-order valence-corrected chi connectivity index (χ1v) is 8.19. The molecule has 0 saturated carbocycles. The second-order valence-corrected chi connectivity index (χ2v) is 6.07. The van der Waals surface area contributed by atoms with Crippen LogP contribution in [0.3, 0.4) is 0 Å². The smallest absolute Gasteiger partial charge is 0.344 e. The fourth-order valence-corrected chi connectivity index (χ4v) is 2.36. The minimum atomic E-state index is -0.966. The number of esters is 1. The van der Waals surface area contributed by atoms with E-state index in [0.29, 0.717) is 16.5 Å². The maximum atomic E-state index is 12.1. The topological polar surface area (TPSA) is 64.6 Å². The van der Waals surface area contributed by atoms with Gasteiger partial charge in [0.25, 0.3) is 5.91 Å². The molecule has 0 spiro atoms. The van der Waals surface area contributed by atoms with Crippen LogP contribution in [0.15, 0.2) is 42.5 Å². The molecule has 6 heteroatoms. The average molecular weight is 362 g/mol. The number of carbonyl (C=O) groups excluding carboxylic acids is 2.